The van der Waals surface area contributed by atoms with Gasteiger partial charge in [0.25, 0.3) is 0 Å². The van der Waals surface area contributed by atoms with Gasteiger partial charge in [0.1, 0.15) is 0 Å². The first-order chi connectivity index (χ1) is 4.70. The molecule has 0 atom stereocenters. The Morgan fingerprint density at radius 2 is 2.40 bits per heavy atom. The van der Waals surface area contributed by atoms with Gasteiger partial charge in [-0.25, -0.2) is 0 Å². The van der Waals surface area contributed by atoms with E-state index >= 15 is 0 Å². The van der Waals surface area contributed by atoms with E-state index in [2.05, 4.69) is 13.2 Å². The van der Waals surface area contributed by atoms with Gasteiger partial charge in [0.05, 0.1) is 6.54 Å². The normalized spacial score (nSPS) is 8.50. The lowest BCUT2D eigenvalue weighted by Gasteiger charge is -2.11. The topological polar surface area (TPSA) is 20.3 Å². The molecule has 0 N–H and O–H groups in total. The van der Waals surface area contributed by atoms with E-state index in [0.29, 0.717) is 18.1 Å². The van der Waals surface area contributed by atoms with Gasteiger partial charge in [-0.05, 0) is 0 Å². The Labute approximate surface area is 65.8 Å². The molecule has 1 radical (unpaired) electrons. The van der Waals surface area contributed by atoms with Gasteiger partial charge in [0.2, 0.25) is 0 Å². The fourth-order valence-electron chi connectivity index (χ4n) is 0.497. The third-order valence-electron chi connectivity index (χ3n) is 0.841. The summed E-state index contributed by atoms with van der Waals surface area (Å²) < 4.78 is 0. The molecule has 0 fully saturated rings. The van der Waals surface area contributed by atoms with Crippen molar-refractivity contribution >= 4 is 18.0 Å². The molecule has 0 unspecified atom stereocenters. The molecule has 0 aromatic carbocycles. The van der Waals surface area contributed by atoms with Crippen molar-refractivity contribution in [1.82, 2.24) is 4.90 Å². The molecule has 0 saturated carbocycles. The fraction of sp³-hybridized carbons (Fsp3) is 0.286. The zero-order valence-corrected chi connectivity index (χ0v) is 6.40. The summed E-state index contributed by atoms with van der Waals surface area (Å²) in [6, 6.07) is 0. The quantitative estimate of drug-likeness (QED) is 0.436. The van der Waals surface area contributed by atoms with Crippen LogP contribution in [0.3, 0.4) is 0 Å². The third-order valence-corrected chi connectivity index (χ3v) is 0.961. The smallest absolute Gasteiger partial charge is 0.312 e. The second kappa shape index (κ2) is 5.06. The van der Waals surface area contributed by atoms with Crippen LogP contribution >= 0.6 is 11.6 Å². The lowest BCUT2D eigenvalue weighted by atomic mass is 10.5. The highest BCUT2D eigenvalue weighted by atomic mass is 35.5. The summed E-state index contributed by atoms with van der Waals surface area (Å²) in [4.78, 5) is 11.4. The van der Waals surface area contributed by atoms with Gasteiger partial charge in [-0.15, -0.1) is 6.58 Å². The number of hydrogen-bond acceptors (Lipinski definition) is 1. The Morgan fingerprint density at radius 3 is 2.70 bits per heavy atom. The monoisotopic (exact) mass is 158 g/mol. The van der Waals surface area contributed by atoms with E-state index in [1.54, 1.807) is 12.5 Å². The summed E-state index contributed by atoms with van der Waals surface area (Å²) in [5.41, 5.74) is 0. The predicted octanol–water partition coefficient (Wildman–Crippen LogP) is 1.29. The summed E-state index contributed by atoms with van der Waals surface area (Å²) in [6.07, 6.45) is 3.30. The first kappa shape index (κ1) is 9.24. The molecule has 0 rings (SSSR count). The van der Waals surface area contributed by atoms with Gasteiger partial charge in [0, 0.05) is 11.6 Å². The molecule has 10 heavy (non-hydrogen) atoms. The van der Waals surface area contributed by atoms with Crippen LogP contribution in [0.1, 0.15) is 0 Å². The summed E-state index contributed by atoms with van der Waals surface area (Å²) in [6.45, 7) is 7.68. The highest BCUT2D eigenvalue weighted by Crippen LogP contribution is 1.98. The third kappa shape index (κ3) is 4.15. The van der Waals surface area contributed by atoms with E-state index in [0.717, 1.165) is 0 Å². The van der Waals surface area contributed by atoms with Crippen LogP contribution < -0.4 is 0 Å². The maximum Gasteiger partial charge on any atom is 0.312 e. The van der Waals surface area contributed by atoms with Crippen molar-refractivity contribution in [3.05, 3.63) is 24.3 Å². The van der Waals surface area contributed by atoms with Crippen molar-refractivity contribution in [3.8, 4) is 0 Å². The molecule has 3 heteroatoms. The van der Waals surface area contributed by atoms with Crippen molar-refractivity contribution in [2.75, 3.05) is 13.1 Å². The van der Waals surface area contributed by atoms with Gasteiger partial charge in [0.15, 0.2) is 0 Å². The van der Waals surface area contributed by atoms with E-state index in [1.165, 1.54) is 4.90 Å². The second-order valence-corrected chi connectivity index (χ2v) is 2.31. The Morgan fingerprint density at radius 1 is 1.80 bits per heavy atom. The maximum atomic E-state index is 10.1. The number of nitrogens with zero attached hydrogens (tertiary/aromatic N) is 1. The average molecular weight is 159 g/mol. The molecule has 2 nitrogen and oxygen atoms in total. The number of hydrogen-bond donors (Lipinski definition) is 0. The largest absolute Gasteiger partial charge is 0.326 e. The zero-order chi connectivity index (χ0) is 7.98. The van der Waals surface area contributed by atoms with E-state index in [-0.39, 0.29) is 0 Å². The van der Waals surface area contributed by atoms with Crippen LogP contribution in [0, 0.1) is 0 Å². The summed E-state index contributed by atoms with van der Waals surface area (Å²) in [5, 5.41) is 0.421. The van der Waals surface area contributed by atoms with E-state index in [1.807, 2.05) is 0 Å². The van der Waals surface area contributed by atoms with Crippen LogP contribution in [0.15, 0.2) is 24.3 Å². The number of halogens is 1. The van der Waals surface area contributed by atoms with Crippen LogP contribution in [0.2, 0.25) is 0 Å². The van der Waals surface area contributed by atoms with Crippen molar-refractivity contribution < 1.29 is 4.79 Å². The van der Waals surface area contributed by atoms with Crippen molar-refractivity contribution in [2.45, 2.75) is 0 Å². The summed E-state index contributed by atoms with van der Waals surface area (Å²) in [7, 11) is 0. The fourth-order valence-corrected chi connectivity index (χ4v) is 0.641. The van der Waals surface area contributed by atoms with Gasteiger partial charge in [-0.1, -0.05) is 24.3 Å². The second-order valence-electron chi connectivity index (χ2n) is 1.78. The molecule has 0 heterocycles. The minimum atomic E-state index is 0.330. The Bertz CT molecular complexity index is 145. The van der Waals surface area contributed by atoms with Crippen LogP contribution in [0.5, 0.6) is 0 Å². The number of rotatable bonds is 5. The molecule has 0 aliphatic rings. The van der Waals surface area contributed by atoms with Crippen LogP contribution in [-0.4, -0.2) is 24.4 Å². The van der Waals surface area contributed by atoms with Crippen LogP contribution in [-0.2, 0) is 4.79 Å². The Hall–Kier alpha value is -0.760. The minimum absolute atomic E-state index is 0.330. The number of carbonyl (C=O) groups excluding carboxylic acids is 1. The minimum Gasteiger partial charge on any atom is -0.326 e. The molecular formula is C7H9ClNO. The van der Waals surface area contributed by atoms with E-state index in [4.69, 9.17) is 11.6 Å². The van der Waals surface area contributed by atoms with Gasteiger partial charge in [-0.3, -0.25) is 4.79 Å². The van der Waals surface area contributed by atoms with Crippen molar-refractivity contribution in [1.29, 1.82) is 0 Å². The van der Waals surface area contributed by atoms with Gasteiger partial charge in [-0.2, -0.15) is 0 Å². The standard InChI is InChI=1S/C7H9ClNO/c1-3-4-9(6-10)5-7(2)8/h3H,1-2,4-5H2. The van der Waals surface area contributed by atoms with E-state index in [9.17, 15) is 4.79 Å². The Balaban J connectivity index is 3.70. The SMILES string of the molecule is C=CCN([C]=O)CC(=C)Cl. The van der Waals surface area contributed by atoms with Crippen molar-refractivity contribution in [2.24, 2.45) is 0 Å². The molecule has 0 aromatic heterocycles. The molecule has 0 spiro atoms. The molecule has 0 aromatic rings. The van der Waals surface area contributed by atoms with Crippen LogP contribution in [0.4, 0.5) is 0 Å². The first-order valence-corrected chi connectivity index (χ1v) is 3.15. The molecule has 0 aliphatic carbocycles. The first-order valence-electron chi connectivity index (χ1n) is 2.77. The summed E-state index contributed by atoms with van der Waals surface area (Å²) in [5.74, 6) is 0. The molecule has 0 aliphatic heterocycles. The predicted molar refractivity (Wildman–Crippen MR) is 42.5 cm³/mol. The zero-order valence-electron chi connectivity index (χ0n) is 5.64. The molecular weight excluding hydrogens is 150 g/mol. The molecule has 1 amide bonds. The van der Waals surface area contributed by atoms with Gasteiger partial charge >= 0.3 is 6.41 Å². The average Bonchev–Trinajstić information content (AvgIpc) is 1.86. The molecule has 55 valence electrons. The highest BCUT2D eigenvalue weighted by molar-refractivity contribution is 6.29. The Kier molecular flexibility index (Phi) is 4.67. The van der Waals surface area contributed by atoms with Crippen molar-refractivity contribution in [3.63, 3.8) is 0 Å². The van der Waals surface area contributed by atoms with Crippen LogP contribution in [0.25, 0.3) is 0 Å². The summed E-state index contributed by atoms with van der Waals surface area (Å²) >= 11 is 5.44. The number of amides is 1. The lowest BCUT2D eigenvalue weighted by Crippen LogP contribution is -2.22. The molecule has 0 bridgehead atoms. The van der Waals surface area contributed by atoms with Gasteiger partial charge < -0.3 is 4.90 Å². The van der Waals surface area contributed by atoms with E-state index < -0.39 is 0 Å². The highest BCUT2D eigenvalue weighted by Gasteiger charge is 1.99. The molecule has 0 saturated heterocycles. The maximum absolute atomic E-state index is 10.1. The lowest BCUT2D eigenvalue weighted by molar-refractivity contribution is 0.435.